The number of allylic oxidation sites excluding steroid dienone is 2. The van der Waals surface area contributed by atoms with E-state index in [9.17, 15) is 4.79 Å². The number of benzene rings is 2. The van der Waals surface area contributed by atoms with Crippen LogP contribution in [0.4, 0.5) is 5.69 Å². The summed E-state index contributed by atoms with van der Waals surface area (Å²) < 4.78 is 0. The SMILES string of the molecule is CN(C)c1ccc(C(C)(C)/C=C/C(=O)c2ccccc2)cc1. The molecule has 2 heteroatoms. The number of carbonyl (C=O) groups is 1. The van der Waals surface area contributed by atoms with Gasteiger partial charge in [0.1, 0.15) is 0 Å². The third kappa shape index (κ3) is 3.85. The Hall–Kier alpha value is -2.35. The highest BCUT2D eigenvalue weighted by Crippen LogP contribution is 2.26. The Kier molecular flexibility index (Phi) is 4.81. The van der Waals surface area contributed by atoms with E-state index in [2.05, 4.69) is 43.0 Å². The molecule has 0 amide bonds. The van der Waals surface area contributed by atoms with E-state index in [1.807, 2.05) is 50.5 Å². The molecule has 0 saturated carbocycles. The van der Waals surface area contributed by atoms with Crippen molar-refractivity contribution in [1.82, 2.24) is 0 Å². The average molecular weight is 293 g/mol. The van der Waals surface area contributed by atoms with Gasteiger partial charge >= 0.3 is 0 Å². The minimum absolute atomic E-state index is 0.0404. The first-order chi connectivity index (χ1) is 10.4. The van der Waals surface area contributed by atoms with Gasteiger partial charge in [0.15, 0.2) is 5.78 Å². The number of hydrogen-bond donors (Lipinski definition) is 0. The summed E-state index contributed by atoms with van der Waals surface area (Å²) in [5.41, 5.74) is 2.89. The Morgan fingerprint density at radius 3 is 2.09 bits per heavy atom. The lowest BCUT2D eigenvalue weighted by Gasteiger charge is -2.22. The normalized spacial score (nSPS) is 11.6. The molecule has 0 aromatic heterocycles. The highest BCUT2D eigenvalue weighted by Gasteiger charge is 2.17. The molecule has 0 saturated heterocycles. The predicted molar refractivity (Wildman–Crippen MR) is 93.7 cm³/mol. The fraction of sp³-hybridized carbons (Fsp3) is 0.250. The van der Waals surface area contributed by atoms with E-state index in [1.165, 1.54) is 11.3 Å². The van der Waals surface area contributed by atoms with Crippen molar-refractivity contribution in [1.29, 1.82) is 0 Å². The molecule has 0 aliphatic rings. The number of carbonyl (C=O) groups excluding carboxylic acids is 1. The van der Waals surface area contributed by atoms with Gasteiger partial charge in [0, 0.05) is 30.8 Å². The second-order valence-corrected chi connectivity index (χ2v) is 6.23. The van der Waals surface area contributed by atoms with Crippen LogP contribution in [0.25, 0.3) is 0 Å². The van der Waals surface area contributed by atoms with E-state index in [-0.39, 0.29) is 11.2 Å². The van der Waals surface area contributed by atoms with Crippen LogP contribution in [-0.2, 0) is 5.41 Å². The van der Waals surface area contributed by atoms with Gasteiger partial charge in [0.05, 0.1) is 0 Å². The summed E-state index contributed by atoms with van der Waals surface area (Å²) in [4.78, 5) is 14.2. The van der Waals surface area contributed by atoms with Crippen LogP contribution >= 0.6 is 0 Å². The minimum atomic E-state index is -0.185. The second-order valence-electron chi connectivity index (χ2n) is 6.23. The lowest BCUT2D eigenvalue weighted by molar-refractivity contribution is 0.104. The quantitative estimate of drug-likeness (QED) is 0.599. The molecule has 0 bridgehead atoms. The van der Waals surface area contributed by atoms with Crippen LogP contribution in [0.15, 0.2) is 66.7 Å². The molecule has 22 heavy (non-hydrogen) atoms. The first-order valence-corrected chi connectivity index (χ1v) is 7.46. The van der Waals surface area contributed by atoms with Crippen molar-refractivity contribution < 1.29 is 4.79 Å². The highest BCUT2D eigenvalue weighted by molar-refractivity contribution is 6.04. The minimum Gasteiger partial charge on any atom is -0.378 e. The molecule has 0 N–H and O–H groups in total. The third-order valence-electron chi connectivity index (χ3n) is 3.84. The highest BCUT2D eigenvalue weighted by atomic mass is 16.1. The maximum Gasteiger partial charge on any atom is 0.185 e. The molecule has 114 valence electrons. The van der Waals surface area contributed by atoms with Gasteiger partial charge in [-0.3, -0.25) is 4.79 Å². The van der Waals surface area contributed by atoms with Gasteiger partial charge in [-0.15, -0.1) is 0 Å². The van der Waals surface area contributed by atoms with Crippen molar-refractivity contribution >= 4 is 11.5 Å². The first-order valence-electron chi connectivity index (χ1n) is 7.46. The van der Waals surface area contributed by atoms with Gasteiger partial charge in [-0.25, -0.2) is 0 Å². The van der Waals surface area contributed by atoms with E-state index in [0.717, 1.165) is 5.56 Å². The Morgan fingerprint density at radius 2 is 1.55 bits per heavy atom. The first kappa shape index (κ1) is 16.0. The van der Waals surface area contributed by atoms with Crippen molar-refractivity contribution in [2.75, 3.05) is 19.0 Å². The molecular formula is C20H23NO. The zero-order valence-electron chi connectivity index (χ0n) is 13.7. The Labute approximate surface area is 133 Å². The molecular weight excluding hydrogens is 270 g/mol. The van der Waals surface area contributed by atoms with Gasteiger partial charge in [0.2, 0.25) is 0 Å². The molecule has 2 rings (SSSR count). The monoisotopic (exact) mass is 293 g/mol. The smallest absolute Gasteiger partial charge is 0.185 e. The van der Waals surface area contributed by atoms with E-state index in [4.69, 9.17) is 0 Å². The van der Waals surface area contributed by atoms with Crippen LogP contribution in [0.1, 0.15) is 29.8 Å². The van der Waals surface area contributed by atoms with Crippen molar-refractivity contribution in [2.24, 2.45) is 0 Å². The molecule has 0 spiro atoms. The second kappa shape index (κ2) is 6.61. The van der Waals surface area contributed by atoms with Crippen molar-refractivity contribution in [3.63, 3.8) is 0 Å². The van der Waals surface area contributed by atoms with Crippen LogP contribution in [0, 0.1) is 0 Å². The molecule has 2 aromatic carbocycles. The lowest BCUT2D eigenvalue weighted by atomic mass is 9.84. The van der Waals surface area contributed by atoms with Crippen LogP contribution in [-0.4, -0.2) is 19.9 Å². The van der Waals surface area contributed by atoms with Gasteiger partial charge in [-0.2, -0.15) is 0 Å². The van der Waals surface area contributed by atoms with Crippen LogP contribution < -0.4 is 4.90 Å². The van der Waals surface area contributed by atoms with Crippen molar-refractivity contribution in [2.45, 2.75) is 19.3 Å². The number of hydrogen-bond acceptors (Lipinski definition) is 2. The molecule has 0 aliphatic carbocycles. The standard InChI is InChI=1S/C20H23NO/c1-20(2,17-10-12-18(13-11-17)21(3)4)15-14-19(22)16-8-6-5-7-9-16/h5-15H,1-4H3/b15-14+. The maximum atomic E-state index is 12.2. The van der Waals surface area contributed by atoms with E-state index >= 15 is 0 Å². The molecule has 0 aliphatic heterocycles. The summed E-state index contributed by atoms with van der Waals surface area (Å²) in [6, 6.07) is 17.8. The summed E-state index contributed by atoms with van der Waals surface area (Å²) in [7, 11) is 4.05. The van der Waals surface area contributed by atoms with E-state index in [0.29, 0.717) is 0 Å². The number of rotatable bonds is 5. The van der Waals surface area contributed by atoms with Gasteiger partial charge < -0.3 is 4.90 Å². The third-order valence-corrected chi connectivity index (χ3v) is 3.84. The Balaban J connectivity index is 2.16. The zero-order chi connectivity index (χ0) is 16.2. The molecule has 0 fully saturated rings. The lowest BCUT2D eigenvalue weighted by Crippen LogP contribution is -2.15. The van der Waals surface area contributed by atoms with E-state index < -0.39 is 0 Å². The molecule has 2 nitrogen and oxygen atoms in total. The number of ketones is 1. The largest absolute Gasteiger partial charge is 0.378 e. The van der Waals surface area contributed by atoms with Crippen molar-refractivity contribution in [3.05, 3.63) is 77.9 Å². The molecule has 0 heterocycles. The zero-order valence-corrected chi connectivity index (χ0v) is 13.7. The predicted octanol–water partition coefficient (Wildman–Crippen LogP) is 4.47. The molecule has 0 radical (unpaired) electrons. The average Bonchev–Trinajstić information content (AvgIpc) is 2.53. The summed E-state index contributed by atoms with van der Waals surface area (Å²) in [6.07, 6.45) is 3.65. The number of nitrogens with zero attached hydrogens (tertiary/aromatic N) is 1. The van der Waals surface area contributed by atoms with Gasteiger partial charge in [0.25, 0.3) is 0 Å². The van der Waals surface area contributed by atoms with Crippen molar-refractivity contribution in [3.8, 4) is 0 Å². The fourth-order valence-electron chi connectivity index (χ4n) is 2.27. The molecule has 2 aromatic rings. The summed E-state index contributed by atoms with van der Waals surface area (Å²) in [5.74, 6) is 0.0404. The van der Waals surface area contributed by atoms with Crippen LogP contribution in [0.2, 0.25) is 0 Å². The number of anilines is 1. The summed E-state index contributed by atoms with van der Waals surface area (Å²) >= 11 is 0. The topological polar surface area (TPSA) is 20.3 Å². The summed E-state index contributed by atoms with van der Waals surface area (Å²) in [6.45, 7) is 4.24. The molecule has 0 atom stereocenters. The van der Waals surface area contributed by atoms with Crippen LogP contribution in [0.5, 0.6) is 0 Å². The van der Waals surface area contributed by atoms with E-state index in [1.54, 1.807) is 6.08 Å². The van der Waals surface area contributed by atoms with Gasteiger partial charge in [-0.05, 0) is 23.8 Å². The van der Waals surface area contributed by atoms with Crippen LogP contribution in [0.3, 0.4) is 0 Å². The summed E-state index contributed by atoms with van der Waals surface area (Å²) in [5, 5.41) is 0. The maximum absolute atomic E-state index is 12.2. The fourth-order valence-corrected chi connectivity index (χ4v) is 2.27. The van der Waals surface area contributed by atoms with Gasteiger partial charge in [-0.1, -0.05) is 62.4 Å². The molecule has 0 unspecified atom stereocenters. The Bertz CT molecular complexity index is 652. The Morgan fingerprint density at radius 1 is 0.955 bits per heavy atom.